The van der Waals surface area contributed by atoms with Crippen molar-refractivity contribution in [3.63, 3.8) is 0 Å². The van der Waals surface area contributed by atoms with Gasteiger partial charge in [-0.25, -0.2) is 0 Å². The Balaban J connectivity index is 1.62. The molecule has 0 bridgehead atoms. The van der Waals surface area contributed by atoms with E-state index in [0.717, 1.165) is 31.2 Å². The van der Waals surface area contributed by atoms with Crippen LogP contribution in [-0.4, -0.2) is 149 Å². The van der Waals surface area contributed by atoms with Crippen LogP contribution in [0.4, 0.5) is 0 Å². The number of nitrogens with two attached hydrogens (primary N) is 3. The normalized spacial score (nSPS) is 17.1. The topological polar surface area (TPSA) is 327 Å². The number of primary amides is 2. The molecule has 0 unspecified atom stereocenters. The molecule has 76 heavy (non-hydrogen) atoms. The van der Waals surface area contributed by atoms with Gasteiger partial charge < -0.3 is 58.9 Å². The van der Waals surface area contributed by atoms with E-state index in [1.807, 2.05) is 12.3 Å². The minimum Gasteiger partial charge on any atom is -0.370 e. The summed E-state index contributed by atoms with van der Waals surface area (Å²) in [5.74, 6) is -5.61. The van der Waals surface area contributed by atoms with E-state index in [1.165, 1.54) is 73.4 Å². The van der Waals surface area contributed by atoms with Crippen molar-refractivity contribution in [2.45, 2.75) is 204 Å². The Morgan fingerprint density at radius 3 is 1.83 bits per heavy atom. The summed E-state index contributed by atoms with van der Waals surface area (Å²) in [4.78, 5) is 136. The number of amides is 10. The molecule has 2 aliphatic rings. The molecule has 0 spiro atoms. The summed E-state index contributed by atoms with van der Waals surface area (Å²) in [7, 11) is 0. The summed E-state index contributed by atoms with van der Waals surface area (Å²) >= 11 is 1.46. The van der Waals surface area contributed by atoms with E-state index in [0.29, 0.717) is 50.8 Å². The zero-order chi connectivity index (χ0) is 55.8. The number of benzene rings is 1. The number of carbonyl (C=O) groups excluding carboxylic acids is 10. The number of unbranched alkanes of at least 4 members (excludes halogenated alkanes) is 11. The van der Waals surface area contributed by atoms with E-state index in [-0.39, 0.29) is 64.1 Å². The molecule has 0 saturated carbocycles. The first-order valence-electron chi connectivity index (χ1n) is 27.7. The Morgan fingerprint density at radius 2 is 1.21 bits per heavy atom. The molecule has 2 fully saturated rings. The first kappa shape index (κ1) is 64.5. The fraction of sp³-hybridized carbons (Fsp3) is 0.704. The quantitative estimate of drug-likeness (QED) is 0.0430. The van der Waals surface area contributed by atoms with Crippen molar-refractivity contribution in [2.24, 2.45) is 17.2 Å². The number of hydrogen-bond donors (Lipinski definition) is 9. The summed E-state index contributed by atoms with van der Waals surface area (Å²) in [6.07, 6.45) is 17.2. The van der Waals surface area contributed by atoms with Gasteiger partial charge in [0.2, 0.25) is 59.1 Å². The maximum Gasteiger partial charge on any atom is 0.246 e. The number of likely N-dealkylation sites (tertiary alicyclic amines) is 2. The van der Waals surface area contributed by atoms with E-state index < -0.39 is 95.5 Å². The highest BCUT2D eigenvalue weighted by molar-refractivity contribution is 7.98. The van der Waals surface area contributed by atoms with Gasteiger partial charge in [0.25, 0.3) is 0 Å². The molecule has 1 aromatic rings. The Labute approximate surface area is 454 Å². The first-order valence-corrected chi connectivity index (χ1v) is 29.1. The third kappa shape index (κ3) is 23.6. The molecule has 7 atom stereocenters. The minimum atomic E-state index is -1.35. The standard InChI is InChI=1S/C54H89N11O10S/c1-4-5-6-7-8-9-10-11-12-13-17-27-46(67)58-36-47(68)60-40(30-34-76-3)50(71)59-37(2)49(70)61-39(24-18-19-31-55)51(72)62-41(28-29-45(56)66)53(74)65-33-21-26-44(65)54(75)64-32-20-25-43(64)52(73)63-42(48(57)69)35-38-22-15-14-16-23-38/h14-16,22-23,37,39-44H,4-13,17-21,24-36,55H2,1-3H3,(H2,56,66)(H2,57,69)(H,58,67)(H,59,71)(H,60,68)(H,61,70)(H,62,72)(H,63,73)/t37-,39+,40-,41-,42-,43-,44-/m0/s1. The number of thioether (sulfide) groups is 1. The van der Waals surface area contributed by atoms with Gasteiger partial charge in [-0.15, -0.1) is 0 Å². The summed E-state index contributed by atoms with van der Waals surface area (Å²) in [5.41, 5.74) is 17.7. The lowest BCUT2D eigenvalue weighted by molar-refractivity contribution is -0.148. The van der Waals surface area contributed by atoms with Crippen molar-refractivity contribution in [3.8, 4) is 0 Å². The van der Waals surface area contributed by atoms with Crippen molar-refractivity contribution in [3.05, 3.63) is 35.9 Å². The Bertz CT molecular complexity index is 2030. The SMILES string of the molecule is CCCCCCCCCCCCCC(=O)NCC(=O)N[C@@H](CCSC)C(=O)N[C@@H](C)C(=O)N[C@H](CCCCN)C(=O)N[C@@H](CCC(N)=O)C(=O)N1CCC[C@H]1C(=O)N1CCC[C@H]1C(=O)N[C@@H](Cc1ccccc1)C(N)=O. The number of rotatable bonds is 38. The van der Waals surface area contributed by atoms with Gasteiger partial charge in [0.1, 0.15) is 42.3 Å². The van der Waals surface area contributed by atoms with Crippen LogP contribution in [0.15, 0.2) is 30.3 Å². The van der Waals surface area contributed by atoms with Crippen LogP contribution in [0.5, 0.6) is 0 Å². The molecule has 0 radical (unpaired) electrons. The molecular formula is C54H89N11O10S. The summed E-state index contributed by atoms with van der Waals surface area (Å²) in [6, 6.07) is 1.29. The van der Waals surface area contributed by atoms with Gasteiger partial charge in [-0.3, -0.25) is 47.9 Å². The van der Waals surface area contributed by atoms with Gasteiger partial charge in [0.15, 0.2) is 0 Å². The molecule has 2 heterocycles. The molecule has 2 saturated heterocycles. The van der Waals surface area contributed by atoms with Crippen LogP contribution in [0.25, 0.3) is 0 Å². The maximum atomic E-state index is 14.4. The van der Waals surface area contributed by atoms with Gasteiger partial charge in [-0.1, -0.05) is 101 Å². The van der Waals surface area contributed by atoms with Gasteiger partial charge >= 0.3 is 0 Å². The van der Waals surface area contributed by atoms with Crippen LogP contribution in [0.3, 0.4) is 0 Å². The molecular weight excluding hydrogens is 995 g/mol. The Morgan fingerprint density at radius 1 is 0.618 bits per heavy atom. The molecule has 10 amide bonds. The smallest absolute Gasteiger partial charge is 0.246 e. The van der Waals surface area contributed by atoms with Gasteiger partial charge in [-0.05, 0) is 95.2 Å². The minimum absolute atomic E-state index is 0.0920. The van der Waals surface area contributed by atoms with Gasteiger partial charge in [-0.2, -0.15) is 11.8 Å². The average Bonchev–Trinajstić information content (AvgIpc) is 4.11. The van der Waals surface area contributed by atoms with Gasteiger partial charge in [0, 0.05) is 32.4 Å². The molecule has 426 valence electrons. The molecule has 0 aromatic heterocycles. The molecule has 3 rings (SSSR count). The lowest BCUT2D eigenvalue weighted by atomic mass is 10.0. The highest BCUT2D eigenvalue weighted by Gasteiger charge is 2.44. The van der Waals surface area contributed by atoms with E-state index in [9.17, 15) is 47.9 Å². The van der Waals surface area contributed by atoms with Crippen molar-refractivity contribution in [1.29, 1.82) is 0 Å². The lowest BCUT2D eigenvalue weighted by Gasteiger charge is -2.33. The Hall–Kier alpha value is -5.77. The first-order chi connectivity index (χ1) is 36.5. The number of nitrogens with one attached hydrogen (secondary N) is 6. The van der Waals surface area contributed by atoms with Gasteiger partial charge in [0.05, 0.1) is 6.54 Å². The third-order valence-electron chi connectivity index (χ3n) is 13.9. The van der Waals surface area contributed by atoms with Crippen molar-refractivity contribution in [1.82, 2.24) is 41.7 Å². The molecule has 21 nitrogen and oxygen atoms in total. The number of carbonyl (C=O) groups is 10. The van der Waals surface area contributed by atoms with E-state index in [2.05, 4.69) is 38.8 Å². The highest BCUT2D eigenvalue weighted by Crippen LogP contribution is 2.26. The predicted molar refractivity (Wildman–Crippen MR) is 293 cm³/mol. The van der Waals surface area contributed by atoms with Crippen LogP contribution < -0.4 is 49.1 Å². The van der Waals surface area contributed by atoms with E-state index in [4.69, 9.17) is 17.2 Å². The number of nitrogens with zero attached hydrogens (tertiary/aromatic N) is 2. The second kappa shape index (κ2) is 36.3. The lowest BCUT2D eigenvalue weighted by Crippen LogP contribution is -2.59. The molecule has 2 aliphatic heterocycles. The molecule has 0 aliphatic carbocycles. The fourth-order valence-electron chi connectivity index (χ4n) is 9.54. The number of hydrogen-bond acceptors (Lipinski definition) is 12. The van der Waals surface area contributed by atoms with Crippen molar-refractivity contribution in [2.75, 3.05) is 38.2 Å². The second-order valence-corrected chi connectivity index (χ2v) is 21.1. The molecule has 1 aromatic carbocycles. The molecule has 22 heteroatoms. The zero-order valence-corrected chi connectivity index (χ0v) is 46.2. The maximum absolute atomic E-state index is 14.4. The third-order valence-corrected chi connectivity index (χ3v) is 14.6. The predicted octanol–water partition coefficient (Wildman–Crippen LogP) is 2.11. The Kier molecular flexibility index (Phi) is 30.8. The summed E-state index contributed by atoms with van der Waals surface area (Å²) in [6.45, 7) is 3.98. The highest BCUT2D eigenvalue weighted by atomic mass is 32.2. The fourth-order valence-corrected chi connectivity index (χ4v) is 10.0. The second-order valence-electron chi connectivity index (χ2n) is 20.1. The van der Waals surface area contributed by atoms with Crippen LogP contribution >= 0.6 is 11.8 Å². The monoisotopic (exact) mass is 1080 g/mol. The van der Waals surface area contributed by atoms with E-state index >= 15 is 0 Å². The van der Waals surface area contributed by atoms with Crippen LogP contribution in [-0.2, 0) is 54.4 Å². The molecule has 12 N–H and O–H groups in total. The largest absolute Gasteiger partial charge is 0.370 e. The van der Waals surface area contributed by atoms with Crippen molar-refractivity contribution < 1.29 is 47.9 Å². The van der Waals surface area contributed by atoms with Crippen LogP contribution in [0.2, 0.25) is 0 Å². The van der Waals surface area contributed by atoms with E-state index in [1.54, 1.807) is 24.3 Å². The zero-order valence-electron chi connectivity index (χ0n) is 45.3. The van der Waals surface area contributed by atoms with Crippen LogP contribution in [0, 0.1) is 0 Å². The summed E-state index contributed by atoms with van der Waals surface area (Å²) < 4.78 is 0. The van der Waals surface area contributed by atoms with Crippen LogP contribution in [0.1, 0.15) is 161 Å². The van der Waals surface area contributed by atoms with Crippen molar-refractivity contribution >= 4 is 70.8 Å². The summed E-state index contributed by atoms with van der Waals surface area (Å²) in [5, 5.41) is 16.0. The average molecular weight is 1080 g/mol.